The highest BCUT2D eigenvalue weighted by Crippen LogP contribution is 2.56. The molecule has 1 fully saturated rings. The van der Waals surface area contributed by atoms with Crippen molar-refractivity contribution in [3.63, 3.8) is 0 Å². The van der Waals surface area contributed by atoms with Gasteiger partial charge in [-0.05, 0) is 60.1 Å². The quantitative estimate of drug-likeness (QED) is 0.307. The number of hydrogen-bond donors (Lipinski definition) is 2. The Hall–Kier alpha value is -4.40. The number of nitrogens with zero attached hydrogens (tertiary/aromatic N) is 5. The molecule has 2 atom stereocenters. The average molecular weight is 497 g/mol. The Balaban J connectivity index is 1.17. The van der Waals surface area contributed by atoms with Crippen molar-refractivity contribution in [3.8, 4) is 11.5 Å². The van der Waals surface area contributed by atoms with Gasteiger partial charge in [-0.15, -0.1) is 10.2 Å². The van der Waals surface area contributed by atoms with E-state index in [1.807, 2.05) is 41.9 Å². The Bertz CT molecular complexity index is 1450. The average Bonchev–Trinajstić information content (AvgIpc) is 3.46. The molecule has 0 saturated heterocycles. The minimum absolute atomic E-state index is 0.0735. The molecule has 1 aliphatic carbocycles. The van der Waals surface area contributed by atoms with Crippen LogP contribution in [0.25, 0.3) is 11.5 Å². The minimum atomic E-state index is -0.920. The zero-order chi connectivity index (χ0) is 26.0. The standard InChI is InChI=1S/C28H28N6O3/c1-28(20-7-3-6-19(13-20)27(36)37)15-21(28)9-10-24(35)18-5-4-8-22(14-18)30-16-25-32-33-26(34(25)2)23-11-12-29-17-31-23/h3-8,11-14,17,21,30H,9-10,15-16H2,1-2H3,(H,36,37)/t21?,28-/m1/s1. The van der Waals surface area contributed by atoms with Gasteiger partial charge < -0.3 is 15.0 Å². The van der Waals surface area contributed by atoms with Crippen LogP contribution in [0, 0.1) is 5.92 Å². The first kappa shape index (κ1) is 24.3. The maximum absolute atomic E-state index is 13.0. The van der Waals surface area contributed by atoms with Crippen LogP contribution in [-0.4, -0.2) is 41.6 Å². The number of carbonyl (C=O) groups excluding carboxylic acids is 1. The van der Waals surface area contributed by atoms with Gasteiger partial charge in [-0.3, -0.25) is 4.79 Å². The molecule has 2 heterocycles. The molecule has 4 aromatic rings. The van der Waals surface area contributed by atoms with Gasteiger partial charge in [0.1, 0.15) is 12.0 Å². The highest BCUT2D eigenvalue weighted by Gasteiger charge is 2.50. The lowest BCUT2D eigenvalue weighted by molar-refractivity contribution is 0.0696. The van der Waals surface area contributed by atoms with E-state index in [-0.39, 0.29) is 11.2 Å². The van der Waals surface area contributed by atoms with Gasteiger partial charge in [0, 0.05) is 30.9 Å². The molecule has 1 aliphatic rings. The Kier molecular flexibility index (Phi) is 6.52. The van der Waals surface area contributed by atoms with Crippen molar-refractivity contribution in [2.75, 3.05) is 5.32 Å². The van der Waals surface area contributed by atoms with Crippen LogP contribution in [0.3, 0.4) is 0 Å². The summed E-state index contributed by atoms with van der Waals surface area (Å²) in [5.74, 6) is 0.940. The summed E-state index contributed by atoms with van der Waals surface area (Å²) >= 11 is 0. The molecular formula is C28H28N6O3. The number of anilines is 1. The van der Waals surface area contributed by atoms with E-state index < -0.39 is 5.97 Å². The van der Waals surface area contributed by atoms with Gasteiger partial charge in [0.2, 0.25) is 0 Å². The fourth-order valence-electron chi connectivity index (χ4n) is 4.83. The first-order chi connectivity index (χ1) is 17.8. The van der Waals surface area contributed by atoms with E-state index in [4.69, 9.17) is 0 Å². The second-order valence-corrected chi connectivity index (χ2v) is 9.69. The van der Waals surface area contributed by atoms with Crippen LogP contribution in [0.15, 0.2) is 67.1 Å². The maximum Gasteiger partial charge on any atom is 0.335 e. The number of Topliss-reactive ketones (excluding diaryl/α,β-unsaturated/α-hetero) is 1. The highest BCUT2D eigenvalue weighted by molar-refractivity contribution is 5.97. The Morgan fingerprint density at radius 1 is 1.11 bits per heavy atom. The van der Waals surface area contributed by atoms with Crippen LogP contribution in [-0.2, 0) is 19.0 Å². The number of carboxylic acids is 1. The third kappa shape index (κ3) is 5.11. The molecule has 9 heteroatoms. The van der Waals surface area contributed by atoms with Gasteiger partial charge in [-0.1, -0.05) is 31.2 Å². The summed E-state index contributed by atoms with van der Waals surface area (Å²) in [6, 6.07) is 16.4. The van der Waals surface area contributed by atoms with E-state index in [9.17, 15) is 14.7 Å². The summed E-state index contributed by atoms with van der Waals surface area (Å²) in [7, 11) is 1.89. The van der Waals surface area contributed by atoms with Crippen molar-refractivity contribution in [2.24, 2.45) is 13.0 Å². The second kappa shape index (κ2) is 9.93. The zero-order valence-electron chi connectivity index (χ0n) is 20.8. The molecule has 9 nitrogen and oxygen atoms in total. The summed E-state index contributed by atoms with van der Waals surface area (Å²) in [5.41, 5.74) is 3.46. The zero-order valence-corrected chi connectivity index (χ0v) is 20.8. The van der Waals surface area contributed by atoms with Crippen LogP contribution < -0.4 is 5.32 Å². The predicted octanol–water partition coefficient (Wildman–Crippen LogP) is 4.52. The van der Waals surface area contributed by atoms with Crippen molar-refractivity contribution in [1.82, 2.24) is 24.7 Å². The first-order valence-electron chi connectivity index (χ1n) is 12.2. The summed E-state index contributed by atoms with van der Waals surface area (Å²) < 4.78 is 1.88. The fourth-order valence-corrected chi connectivity index (χ4v) is 4.83. The topological polar surface area (TPSA) is 123 Å². The molecule has 0 amide bonds. The summed E-state index contributed by atoms with van der Waals surface area (Å²) in [5, 5.41) is 21.1. The van der Waals surface area contributed by atoms with Crippen molar-refractivity contribution < 1.29 is 14.7 Å². The number of ketones is 1. The molecule has 37 heavy (non-hydrogen) atoms. The van der Waals surface area contributed by atoms with E-state index in [1.165, 1.54) is 6.33 Å². The number of rotatable bonds is 10. The lowest BCUT2D eigenvalue weighted by Gasteiger charge is -2.13. The third-order valence-corrected chi connectivity index (χ3v) is 7.31. The molecule has 188 valence electrons. The van der Waals surface area contributed by atoms with E-state index >= 15 is 0 Å². The van der Waals surface area contributed by atoms with Crippen LogP contribution in [0.2, 0.25) is 0 Å². The predicted molar refractivity (Wildman–Crippen MR) is 138 cm³/mol. The SMILES string of the molecule is Cn1c(CNc2cccc(C(=O)CCC3C[C@]3(C)c3cccc(C(=O)O)c3)c2)nnc1-c1ccncn1. The molecule has 5 rings (SSSR count). The van der Waals surface area contributed by atoms with Gasteiger partial charge in [-0.2, -0.15) is 0 Å². The Labute approximate surface area is 214 Å². The lowest BCUT2D eigenvalue weighted by atomic mass is 9.92. The highest BCUT2D eigenvalue weighted by atomic mass is 16.4. The van der Waals surface area contributed by atoms with Crippen molar-refractivity contribution >= 4 is 17.4 Å². The fraction of sp³-hybridized carbons (Fsp3) is 0.286. The number of aromatic nitrogens is 5. The van der Waals surface area contributed by atoms with Gasteiger partial charge >= 0.3 is 5.97 Å². The van der Waals surface area contributed by atoms with Gasteiger partial charge in [0.25, 0.3) is 0 Å². The molecule has 0 spiro atoms. The van der Waals surface area contributed by atoms with E-state index in [1.54, 1.807) is 30.5 Å². The molecule has 2 aromatic carbocycles. The number of aromatic carboxylic acids is 1. The lowest BCUT2D eigenvalue weighted by Crippen LogP contribution is -2.09. The molecule has 2 aromatic heterocycles. The largest absolute Gasteiger partial charge is 0.478 e. The number of carbonyl (C=O) groups is 2. The smallest absolute Gasteiger partial charge is 0.335 e. The minimum Gasteiger partial charge on any atom is -0.478 e. The van der Waals surface area contributed by atoms with E-state index in [0.29, 0.717) is 41.5 Å². The number of carboxylic acid groups (broad SMARTS) is 1. The molecule has 0 aliphatic heterocycles. The van der Waals surface area contributed by atoms with Gasteiger partial charge in [0.05, 0.1) is 12.1 Å². The molecular weight excluding hydrogens is 468 g/mol. The first-order valence-corrected chi connectivity index (χ1v) is 12.2. The Morgan fingerprint density at radius 2 is 1.92 bits per heavy atom. The number of nitrogens with one attached hydrogen (secondary N) is 1. The number of hydrogen-bond acceptors (Lipinski definition) is 7. The molecule has 2 N–H and O–H groups in total. The van der Waals surface area contributed by atoms with Crippen LogP contribution in [0.1, 0.15) is 58.3 Å². The van der Waals surface area contributed by atoms with E-state index in [0.717, 1.165) is 29.9 Å². The summed E-state index contributed by atoms with van der Waals surface area (Å²) in [6.45, 7) is 2.60. The van der Waals surface area contributed by atoms with Crippen LogP contribution >= 0.6 is 0 Å². The summed E-state index contributed by atoms with van der Waals surface area (Å²) in [4.78, 5) is 32.4. The van der Waals surface area contributed by atoms with Crippen LogP contribution in [0.5, 0.6) is 0 Å². The maximum atomic E-state index is 13.0. The van der Waals surface area contributed by atoms with Crippen molar-refractivity contribution in [1.29, 1.82) is 0 Å². The molecule has 1 unspecified atom stereocenters. The normalized spacial score (nSPS) is 18.4. The van der Waals surface area contributed by atoms with Crippen molar-refractivity contribution in [3.05, 3.63) is 89.6 Å². The molecule has 0 bridgehead atoms. The Morgan fingerprint density at radius 3 is 2.70 bits per heavy atom. The summed E-state index contributed by atoms with van der Waals surface area (Å²) in [6.07, 6.45) is 5.33. The van der Waals surface area contributed by atoms with Crippen LogP contribution in [0.4, 0.5) is 5.69 Å². The van der Waals surface area contributed by atoms with Gasteiger partial charge in [-0.25, -0.2) is 14.8 Å². The third-order valence-electron chi connectivity index (χ3n) is 7.31. The van der Waals surface area contributed by atoms with Gasteiger partial charge in [0.15, 0.2) is 17.4 Å². The monoisotopic (exact) mass is 496 g/mol. The van der Waals surface area contributed by atoms with E-state index in [2.05, 4.69) is 32.4 Å². The van der Waals surface area contributed by atoms with Crippen molar-refractivity contribution in [2.45, 2.75) is 38.1 Å². The molecule has 0 radical (unpaired) electrons. The second-order valence-electron chi connectivity index (χ2n) is 9.69. The molecule has 1 saturated carbocycles. The number of benzene rings is 2.